The maximum absolute atomic E-state index is 11.4. The molecule has 5 heteroatoms. The Morgan fingerprint density at radius 3 is 2.17 bits per heavy atom. The zero-order chi connectivity index (χ0) is 14.3. The molecule has 0 aromatic rings. The number of allylic oxidation sites excluding steroid dienone is 3. The van der Waals surface area contributed by atoms with Crippen molar-refractivity contribution in [3.63, 3.8) is 0 Å². The summed E-state index contributed by atoms with van der Waals surface area (Å²) in [6.45, 7) is 7.42. The second-order valence-electron chi connectivity index (χ2n) is 3.88. The minimum Gasteiger partial charge on any atom is -0.758 e. The Morgan fingerprint density at radius 2 is 1.83 bits per heavy atom. The van der Waals surface area contributed by atoms with Crippen LogP contribution >= 0.6 is 0 Å². The lowest BCUT2D eigenvalue weighted by atomic mass is 10.1. The molecular formula is C13H21N3O2-2. The van der Waals surface area contributed by atoms with Gasteiger partial charge in [0.05, 0.1) is 5.71 Å². The predicted molar refractivity (Wildman–Crippen MR) is 76.9 cm³/mol. The Balaban J connectivity index is 5.29. The van der Waals surface area contributed by atoms with Gasteiger partial charge in [-0.15, -0.1) is 0 Å². The second-order valence-corrected chi connectivity index (χ2v) is 3.88. The molecule has 0 aliphatic rings. The van der Waals surface area contributed by atoms with Crippen molar-refractivity contribution in [2.75, 3.05) is 21.1 Å². The van der Waals surface area contributed by atoms with Crippen LogP contribution in [0.25, 0.3) is 0 Å². The summed E-state index contributed by atoms with van der Waals surface area (Å²) in [6.07, 6.45) is 4.27. The van der Waals surface area contributed by atoms with Gasteiger partial charge in [0.15, 0.2) is 0 Å². The topological polar surface area (TPSA) is 65.0 Å². The fraction of sp³-hybridized carbons (Fsp3) is 0.462. The van der Waals surface area contributed by atoms with Crippen LogP contribution in [0.3, 0.4) is 0 Å². The molecule has 0 aliphatic heterocycles. The standard InChI is InChI=1S/C13H21N3O2/c1-7-8-12(16(6)18)9-10(2)13(14-4)11(3)15(5)17/h8-9H,3,7H2,1-2,4-6H3/q-2/b10-9-,12-8+,14-13?. The first-order valence-electron chi connectivity index (χ1n) is 5.71. The molecule has 0 fully saturated rings. The van der Waals surface area contributed by atoms with E-state index in [2.05, 4.69) is 11.6 Å². The molecule has 0 N–H and O–H groups in total. The first kappa shape index (κ1) is 16.4. The van der Waals surface area contributed by atoms with Crippen LogP contribution in [0.2, 0.25) is 0 Å². The molecule has 0 rings (SSSR count). The SMILES string of the molecule is C=C(C(=NC)/C(C)=C\C(=C/CC)N(C)[O-])N(C)[O-]. The number of rotatable bonds is 6. The lowest BCUT2D eigenvalue weighted by molar-refractivity contribution is 0.588. The van der Waals surface area contributed by atoms with Crippen molar-refractivity contribution in [3.8, 4) is 0 Å². The summed E-state index contributed by atoms with van der Waals surface area (Å²) >= 11 is 0. The number of likely N-dealkylation sites (N-methyl/N-ethyl adjacent to an activating group) is 1. The lowest BCUT2D eigenvalue weighted by Crippen LogP contribution is -2.18. The molecule has 0 aliphatic carbocycles. The molecule has 0 bridgehead atoms. The van der Waals surface area contributed by atoms with Gasteiger partial charge in [0.25, 0.3) is 0 Å². The Hall–Kier alpha value is -1.59. The Morgan fingerprint density at radius 1 is 1.28 bits per heavy atom. The molecule has 0 heterocycles. The molecule has 0 spiro atoms. The van der Waals surface area contributed by atoms with E-state index >= 15 is 0 Å². The normalized spacial score (nSPS) is 13.6. The van der Waals surface area contributed by atoms with Gasteiger partial charge in [0.1, 0.15) is 0 Å². The van der Waals surface area contributed by atoms with Gasteiger partial charge in [-0.2, -0.15) is 0 Å². The van der Waals surface area contributed by atoms with Crippen LogP contribution in [0.1, 0.15) is 20.3 Å². The van der Waals surface area contributed by atoms with Crippen LogP contribution in [0.4, 0.5) is 0 Å². The van der Waals surface area contributed by atoms with Crippen molar-refractivity contribution in [2.45, 2.75) is 20.3 Å². The van der Waals surface area contributed by atoms with Crippen molar-refractivity contribution in [1.29, 1.82) is 0 Å². The van der Waals surface area contributed by atoms with E-state index in [1.54, 1.807) is 20.0 Å². The van der Waals surface area contributed by atoms with Gasteiger partial charge in [-0.25, -0.2) is 0 Å². The van der Waals surface area contributed by atoms with E-state index in [-0.39, 0.29) is 5.70 Å². The number of hydrogen-bond acceptors (Lipinski definition) is 5. The minimum atomic E-state index is 0.274. The molecule has 0 amide bonds. The summed E-state index contributed by atoms with van der Waals surface area (Å²) in [6, 6.07) is 0. The summed E-state index contributed by atoms with van der Waals surface area (Å²) in [7, 11) is 4.39. The largest absolute Gasteiger partial charge is 0.758 e. The molecule has 0 unspecified atom stereocenters. The third kappa shape index (κ3) is 4.73. The van der Waals surface area contributed by atoms with Gasteiger partial charge in [-0.05, 0) is 39.1 Å². The van der Waals surface area contributed by atoms with Crippen LogP contribution in [0, 0.1) is 10.4 Å². The molecular weight excluding hydrogens is 230 g/mol. The number of hydrogen-bond donors (Lipinski definition) is 0. The second kappa shape index (κ2) is 7.68. The van der Waals surface area contributed by atoms with Crippen LogP contribution in [0.5, 0.6) is 0 Å². The zero-order valence-corrected chi connectivity index (χ0v) is 11.7. The average Bonchev–Trinajstić information content (AvgIpc) is 2.28. The quantitative estimate of drug-likeness (QED) is 0.413. The molecule has 0 aromatic carbocycles. The first-order chi connectivity index (χ1) is 8.34. The molecule has 18 heavy (non-hydrogen) atoms. The van der Waals surface area contributed by atoms with Crippen molar-refractivity contribution in [3.05, 3.63) is 46.1 Å². The molecule has 0 radical (unpaired) electrons. The highest BCUT2D eigenvalue weighted by Crippen LogP contribution is 2.13. The monoisotopic (exact) mass is 251 g/mol. The molecule has 0 atom stereocenters. The van der Waals surface area contributed by atoms with Crippen molar-refractivity contribution >= 4 is 5.71 Å². The summed E-state index contributed by atoms with van der Waals surface area (Å²) in [4.78, 5) is 4.04. The molecule has 0 saturated heterocycles. The van der Waals surface area contributed by atoms with Crippen LogP contribution in [-0.4, -0.2) is 37.0 Å². The van der Waals surface area contributed by atoms with Gasteiger partial charge in [-0.1, -0.05) is 19.6 Å². The maximum Gasteiger partial charge on any atom is 0.0820 e. The van der Waals surface area contributed by atoms with Crippen LogP contribution in [0.15, 0.2) is 40.7 Å². The minimum absolute atomic E-state index is 0.274. The van der Waals surface area contributed by atoms with E-state index in [0.717, 1.165) is 17.1 Å². The van der Waals surface area contributed by atoms with E-state index in [0.29, 0.717) is 16.5 Å². The molecule has 0 saturated carbocycles. The van der Waals surface area contributed by atoms with Crippen molar-refractivity contribution < 1.29 is 0 Å². The summed E-state index contributed by atoms with van der Waals surface area (Å²) in [5.41, 5.74) is 2.04. The first-order valence-corrected chi connectivity index (χ1v) is 5.71. The van der Waals surface area contributed by atoms with Crippen LogP contribution in [-0.2, 0) is 0 Å². The predicted octanol–water partition coefficient (Wildman–Crippen LogP) is 2.67. The fourth-order valence-electron chi connectivity index (χ4n) is 1.46. The van der Waals surface area contributed by atoms with E-state index < -0.39 is 0 Å². The van der Waals surface area contributed by atoms with E-state index in [1.807, 2.05) is 13.0 Å². The number of aliphatic imine (C=N–C) groups is 1. The van der Waals surface area contributed by atoms with E-state index in [1.165, 1.54) is 14.1 Å². The maximum atomic E-state index is 11.4. The van der Waals surface area contributed by atoms with Gasteiger partial charge in [0, 0.05) is 18.4 Å². The summed E-state index contributed by atoms with van der Waals surface area (Å²) in [5, 5.41) is 24.0. The Kier molecular flexibility index (Phi) is 7.00. The van der Waals surface area contributed by atoms with Crippen molar-refractivity contribution in [2.24, 2.45) is 4.99 Å². The van der Waals surface area contributed by atoms with Crippen LogP contribution < -0.4 is 0 Å². The van der Waals surface area contributed by atoms with Gasteiger partial charge in [-0.3, -0.25) is 4.99 Å². The Labute approximate surface area is 109 Å². The van der Waals surface area contributed by atoms with E-state index in [4.69, 9.17) is 0 Å². The van der Waals surface area contributed by atoms with Crippen molar-refractivity contribution in [1.82, 2.24) is 10.1 Å². The zero-order valence-electron chi connectivity index (χ0n) is 11.7. The Bertz CT molecular complexity index is 380. The average molecular weight is 251 g/mol. The van der Waals surface area contributed by atoms with Gasteiger partial charge in [0.2, 0.25) is 0 Å². The smallest absolute Gasteiger partial charge is 0.0820 e. The molecule has 5 nitrogen and oxygen atoms in total. The summed E-state index contributed by atoms with van der Waals surface area (Å²) in [5.74, 6) is 0. The summed E-state index contributed by atoms with van der Waals surface area (Å²) < 4.78 is 0. The number of hydroxylamine groups is 4. The third-order valence-electron chi connectivity index (χ3n) is 2.39. The lowest BCUT2D eigenvalue weighted by Gasteiger charge is -2.29. The highest BCUT2D eigenvalue weighted by atomic mass is 16.5. The number of nitrogens with zero attached hydrogens (tertiary/aromatic N) is 3. The highest BCUT2D eigenvalue weighted by Gasteiger charge is 2.06. The molecule has 0 aromatic heterocycles. The highest BCUT2D eigenvalue weighted by molar-refractivity contribution is 6.11. The molecule has 102 valence electrons. The third-order valence-corrected chi connectivity index (χ3v) is 2.39. The fourth-order valence-corrected chi connectivity index (χ4v) is 1.46. The van der Waals surface area contributed by atoms with E-state index in [9.17, 15) is 10.4 Å². The van der Waals surface area contributed by atoms with Gasteiger partial charge < -0.3 is 20.5 Å². The van der Waals surface area contributed by atoms with Gasteiger partial charge >= 0.3 is 0 Å².